The normalized spacial score (nSPS) is 20.6. The van der Waals surface area contributed by atoms with Gasteiger partial charge in [-0.05, 0) is 49.0 Å². The largest absolute Gasteiger partial charge is 0.497 e. The highest BCUT2D eigenvalue weighted by Crippen LogP contribution is 2.34. The highest BCUT2D eigenvalue weighted by molar-refractivity contribution is 7.19. The third-order valence-electron chi connectivity index (χ3n) is 3.40. The number of benzene rings is 1. The Labute approximate surface area is 106 Å². The number of hydrogen-bond donors (Lipinski definition) is 1. The van der Waals surface area contributed by atoms with Crippen LogP contribution in [0.3, 0.4) is 0 Å². The van der Waals surface area contributed by atoms with Gasteiger partial charge in [0.1, 0.15) is 5.75 Å². The van der Waals surface area contributed by atoms with Crippen LogP contribution in [-0.4, -0.2) is 13.7 Å². The van der Waals surface area contributed by atoms with Crippen LogP contribution in [0.4, 0.5) is 0 Å². The Morgan fingerprint density at radius 3 is 3.00 bits per heavy atom. The van der Waals surface area contributed by atoms with Crippen LogP contribution < -0.4 is 10.1 Å². The zero-order chi connectivity index (χ0) is 11.7. The minimum absolute atomic E-state index is 0.562. The molecule has 2 aromatic rings. The number of ether oxygens (including phenoxy) is 1. The summed E-state index contributed by atoms with van der Waals surface area (Å²) in [5.74, 6) is 0.943. The zero-order valence-corrected chi connectivity index (χ0v) is 10.8. The van der Waals surface area contributed by atoms with E-state index in [1.54, 1.807) is 7.11 Å². The third-order valence-corrected chi connectivity index (χ3v) is 4.63. The van der Waals surface area contributed by atoms with E-state index in [2.05, 4.69) is 23.5 Å². The Morgan fingerprint density at radius 2 is 2.24 bits per heavy atom. The molecule has 1 unspecified atom stereocenters. The lowest BCUT2D eigenvalue weighted by molar-refractivity contribution is 0.415. The lowest BCUT2D eigenvalue weighted by atomic mass is 10.0. The Kier molecular flexibility index (Phi) is 3.04. The maximum atomic E-state index is 5.27. The maximum absolute atomic E-state index is 5.27. The number of fused-ring (bicyclic) bond motifs is 1. The molecule has 0 bridgehead atoms. The van der Waals surface area contributed by atoms with Crippen molar-refractivity contribution in [3.05, 3.63) is 29.1 Å². The van der Waals surface area contributed by atoms with Crippen molar-refractivity contribution < 1.29 is 4.74 Å². The molecule has 0 saturated carbocycles. The first kappa shape index (κ1) is 11.1. The Balaban J connectivity index is 1.95. The van der Waals surface area contributed by atoms with Crippen LogP contribution in [0, 0.1) is 0 Å². The van der Waals surface area contributed by atoms with Crippen molar-refractivity contribution in [2.24, 2.45) is 0 Å². The number of hydrogen-bond acceptors (Lipinski definition) is 3. The van der Waals surface area contributed by atoms with Crippen LogP contribution in [0.2, 0.25) is 0 Å². The van der Waals surface area contributed by atoms with Crippen molar-refractivity contribution in [3.8, 4) is 5.75 Å². The van der Waals surface area contributed by atoms with E-state index >= 15 is 0 Å². The molecule has 17 heavy (non-hydrogen) atoms. The average Bonchev–Trinajstić information content (AvgIpc) is 2.82. The van der Waals surface area contributed by atoms with E-state index in [0.29, 0.717) is 6.04 Å². The van der Waals surface area contributed by atoms with Gasteiger partial charge < -0.3 is 10.1 Å². The fourth-order valence-electron chi connectivity index (χ4n) is 2.44. The number of rotatable bonds is 2. The number of nitrogens with one attached hydrogen (secondary N) is 1. The van der Waals surface area contributed by atoms with Crippen LogP contribution in [0.25, 0.3) is 10.1 Å². The van der Waals surface area contributed by atoms with E-state index in [1.807, 2.05) is 17.4 Å². The number of thiophene rings is 1. The summed E-state index contributed by atoms with van der Waals surface area (Å²) < 4.78 is 6.62. The Morgan fingerprint density at radius 1 is 1.29 bits per heavy atom. The first-order valence-electron chi connectivity index (χ1n) is 6.18. The molecule has 0 spiro atoms. The summed E-state index contributed by atoms with van der Waals surface area (Å²) in [6.45, 7) is 1.15. The molecule has 3 rings (SSSR count). The summed E-state index contributed by atoms with van der Waals surface area (Å²) in [6.07, 6.45) is 3.93. The highest BCUT2D eigenvalue weighted by Gasteiger charge is 2.16. The van der Waals surface area contributed by atoms with Gasteiger partial charge in [0, 0.05) is 15.6 Å². The second-order valence-corrected chi connectivity index (χ2v) is 5.67. The number of methoxy groups -OCH3 is 1. The minimum Gasteiger partial charge on any atom is -0.497 e. The zero-order valence-electron chi connectivity index (χ0n) is 10.0. The summed E-state index contributed by atoms with van der Waals surface area (Å²) in [6, 6.07) is 9.19. The molecule has 1 aliphatic heterocycles. The van der Waals surface area contributed by atoms with Crippen LogP contribution in [0.15, 0.2) is 24.3 Å². The van der Waals surface area contributed by atoms with Gasteiger partial charge >= 0.3 is 0 Å². The van der Waals surface area contributed by atoms with Gasteiger partial charge in [-0.3, -0.25) is 0 Å². The van der Waals surface area contributed by atoms with Crippen LogP contribution in [0.1, 0.15) is 30.2 Å². The molecule has 1 aromatic carbocycles. The fourth-order valence-corrected chi connectivity index (χ4v) is 3.59. The molecule has 1 saturated heterocycles. The molecule has 1 N–H and O–H groups in total. The second-order valence-electron chi connectivity index (χ2n) is 4.56. The number of piperidine rings is 1. The summed E-state index contributed by atoms with van der Waals surface area (Å²) in [4.78, 5) is 1.47. The first-order chi connectivity index (χ1) is 8.36. The van der Waals surface area contributed by atoms with Crippen LogP contribution in [-0.2, 0) is 0 Å². The molecule has 0 radical (unpaired) electrons. The lowest BCUT2D eigenvalue weighted by Gasteiger charge is -2.22. The van der Waals surface area contributed by atoms with Crippen molar-refractivity contribution in [1.82, 2.24) is 5.32 Å². The van der Waals surface area contributed by atoms with E-state index in [9.17, 15) is 0 Å². The van der Waals surface area contributed by atoms with Gasteiger partial charge in [0.25, 0.3) is 0 Å². The van der Waals surface area contributed by atoms with E-state index in [0.717, 1.165) is 12.3 Å². The van der Waals surface area contributed by atoms with E-state index in [-0.39, 0.29) is 0 Å². The van der Waals surface area contributed by atoms with E-state index < -0.39 is 0 Å². The third kappa shape index (κ3) is 2.17. The van der Waals surface area contributed by atoms with Crippen molar-refractivity contribution in [1.29, 1.82) is 0 Å². The van der Waals surface area contributed by atoms with Crippen molar-refractivity contribution in [3.63, 3.8) is 0 Å². The maximum Gasteiger partial charge on any atom is 0.119 e. The molecular formula is C14H17NOS. The average molecular weight is 247 g/mol. The molecule has 1 aliphatic rings. The smallest absolute Gasteiger partial charge is 0.119 e. The van der Waals surface area contributed by atoms with Gasteiger partial charge in [0.05, 0.1) is 7.11 Å². The fraction of sp³-hybridized carbons (Fsp3) is 0.429. The Hall–Kier alpha value is -1.06. The molecule has 2 heterocycles. The second kappa shape index (κ2) is 4.67. The molecule has 1 atom stereocenters. The summed E-state index contributed by atoms with van der Waals surface area (Å²) in [5, 5.41) is 4.91. The van der Waals surface area contributed by atoms with Gasteiger partial charge in [-0.1, -0.05) is 6.42 Å². The first-order valence-corrected chi connectivity index (χ1v) is 6.99. The molecular weight excluding hydrogens is 230 g/mol. The van der Waals surface area contributed by atoms with Crippen molar-refractivity contribution in [2.75, 3.05) is 13.7 Å². The summed E-state index contributed by atoms with van der Waals surface area (Å²) in [7, 11) is 1.72. The SMILES string of the molecule is COc1ccc2sc(C3CCCCN3)cc2c1. The predicted molar refractivity (Wildman–Crippen MR) is 73.0 cm³/mol. The van der Waals surface area contributed by atoms with E-state index in [4.69, 9.17) is 4.74 Å². The van der Waals surface area contributed by atoms with Gasteiger partial charge in [0.2, 0.25) is 0 Å². The molecule has 0 amide bonds. The molecule has 3 heteroatoms. The standard InChI is InChI=1S/C14H17NOS/c1-16-11-5-6-13-10(8-11)9-14(17-13)12-4-2-3-7-15-12/h5-6,8-9,12,15H,2-4,7H2,1H3. The molecule has 90 valence electrons. The van der Waals surface area contributed by atoms with Gasteiger partial charge in [-0.15, -0.1) is 11.3 Å². The molecule has 2 nitrogen and oxygen atoms in total. The predicted octanol–water partition coefficient (Wildman–Crippen LogP) is 3.72. The monoisotopic (exact) mass is 247 g/mol. The van der Waals surface area contributed by atoms with Crippen LogP contribution >= 0.6 is 11.3 Å². The summed E-state index contributed by atoms with van der Waals surface area (Å²) >= 11 is 1.90. The lowest BCUT2D eigenvalue weighted by Crippen LogP contribution is -2.25. The van der Waals surface area contributed by atoms with E-state index in [1.165, 1.54) is 34.2 Å². The van der Waals surface area contributed by atoms with Gasteiger partial charge in [-0.2, -0.15) is 0 Å². The molecule has 1 fully saturated rings. The van der Waals surface area contributed by atoms with Crippen molar-refractivity contribution in [2.45, 2.75) is 25.3 Å². The van der Waals surface area contributed by atoms with Crippen molar-refractivity contribution >= 4 is 21.4 Å². The highest BCUT2D eigenvalue weighted by atomic mass is 32.1. The van der Waals surface area contributed by atoms with Crippen LogP contribution in [0.5, 0.6) is 5.75 Å². The molecule has 1 aromatic heterocycles. The van der Waals surface area contributed by atoms with Gasteiger partial charge in [-0.25, -0.2) is 0 Å². The minimum atomic E-state index is 0.562. The van der Waals surface area contributed by atoms with Gasteiger partial charge in [0.15, 0.2) is 0 Å². The Bertz CT molecular complexity index is 514. The summed E-state index contributed by atoms with van der Waals surface area (Å²) in [5.41, 5.74) is 0. The topological polar surface area (TPSA) is 21.3 Å². The quantitative estimate of drug-likeness (QED) is 0.873. The molecule has 0 aliphatic carbocycles.